The molecule has 0 unspecified atom stereocenters. The molecule has 0 aliphatic carbocycles. The number of carbonyl (C=O) groups is 3. The fourth-order valence-electron chi connectivity index (χ4n) is 0.702. The number of nitrogens with zero attached hydrogens (tertiary/aromatic N) is 1. The Morgan fingerprint density at radius 2 is 2.00 bits per heavy atom. The highest BCUT2D eigenvalue weighted by atomic mass is 16.4. The molecule has 0 radical (unpaired) electrons. The molecule has 0 heterocycles. The van der Waals surface area contributed by atoms with Gasteiger partial charge in [0.05, 0.1) is 0 Å². The summed E-state index contributed by atoms with van der Waals surface area (Å²) in [7, 11) is 1.34. The quantitative estimate of drug-likeness (QED) is 0.509. The number of amides is 3. The number of carbonyl (C=O) groups excluding carboxylic acids is 2. The van der Waals surface area contributed by atoms with E-state index < -0.39 is 17.9 Å². The first-order chi connectivity index (χ1) is 6.43. The second kappa shape index (κ2) is 5.79. The van der Waals surface area contributed by atoms with Gasteiger partial charge in [-0.3, -0.25) is 9.59 Å². The molecule has 0 aliphatic heterocycles. The van der Waals surface area contributed by atoms with Crippen LogP contribution < -0.4 is 11.1 Å². The standard InChI is InChI=1S/C7H13N3O4/c1-10(4-6(12)13)7(14)9-3-2-5(8)11/h2-4H2,1H3,(H2,8,11)(H,9,14)(H,12,13). The van der Waals surface area contributed by atoms with Gasteiger partial charge in [-0.05, 0) is 0 Å². The van der Waals surface area contributed by atoms with E-state index in [1.165, 1.54) is 7.05 Å². The fraction of sp³-hybridized carbons (Fsp3) is 0.571. The van der Waals surface area contributed by atoms with Crippen LogP contribution in [0.15, 0.2) is 0 Å². The zero-order valence-corrected chi connectivity index (χ0v) is 7.82. The largest absolute Gasteiger partial charge is 0.480 e. The van der Waals surface area contributed by atoms with Crippen molar-refractivity contribution in [2.45, 2.75) is 6.42 Å². The van der Waals surface area contributed by atoms with Crippen LogP contribution in [0.5, 0.6) is 0 Å². The highest BCUT2D eigenvalue weighted by Crippen LogP contribution is 1.84. The number of likely N-dealkylation sites (N-methyl/N-ethyl adjacent to an activating group) is 1. The summed E-state index contributed by atoms with van der Waals surface area (Å²) in [5.74, 6) is -1.62. The molecule has 80 valence electrons. The van der Waals surface area contributed by atoms with Crippen LogP contribution in [0, 0.1) is 0 Å². The molecule has 0 saturated heterocycles. The minimum absolute atomic E-state index is 0.0344. The first kappa shape index (κ1) is 12.2. The average Bonchev–Trinajstić information content (AvgIpc) is 2.01. The molecule has 0 fully saturated rings. The predicted octanol–water partition coefficient (Wildman–Crippen LogP) is -1.41. The minimum atomic E-state index is -1.10. The van der Waals surface area contributed by atoms with E-state index in [1.54, 1.807) is 0 Å². The molecular weight excluding hydrogens is 190 g/mol. The molecule has 0 spiro atoms. The van der Waals surface area contributed by atoms with Gasteiger partial charge in [0.1, 0.15) is 6.54 Å². The van der Waals surface area contributed by atoms with Crippen LogP contribution >= 0.6 is 0 Å². The maximum Gasteiger partial charge on any atom is 0.323 e. The Kier molecular flexibility index (Phi) is 5.05. The molecule has 0 aromatic rings. The molecule has 14 heavy (non-hydrogen) atoms. The second-order valence-electron chi connectivity index (χ2n) is 2.70. The number of hydrogen-bond acceptors (Lipinski definition) is 3. The first-order valence-corrected chi connectivity index (χ1v) is 3.92. The molecule has 0 aromatic carbocycles. The zero-order valence-electron chi connectivity index (χ0n) is 7.82. The molecule has 7 nitrogen and oxygen atoms in total. The van der Waals surface area contributed by atoms with E-state index in [1.807, 2.05) is 0 Å². The van der Waals surface area contributed by atoms with Crippen molar-refractivity contribution in [2.24, 2.45) is 5.73 Å². The summed E-state index contributed by atoms with van der Waals surface area (Å²) in [6.07, 6.45) is 0.0344. The molecule has 0 aliphatic rings. The monoisotopic (exact) mass is 203 g/mol. The summed E-state index contributed by atoms with van der Waals surface area (Å²) in [6, 6.07) is -0.548. The van der Waals surface area contributed by atoms with E-state index in [0.717, 1.165) is 4.90 Å². The lowest BCUT2D eigenvalue weighted by Gasteiger charge is -2.14. The Bertz CT molecular complexity index is 241. The molecule has 0 rings (SSSR count). The van der Waals surface area contributed by atoms with Gasteiger partial charge in [-0.15, -0.1) is 0 Å². The lowest BCUT2D eigenvalue weighted by molar-refractivity contribution is -0.137. The van der Waals surface area contributed by atoms with Gasteiger partial charge >= 0.3 is 12.0 Å². The summed E-state index contributed by atoms with van der Waals surface area (Å²) < 4.78 is 0. The number of urea groups is 1. The SMILES string of the molecule is CN(CC(=O)O)C(=O)NCCC(N)=O. The number of rotatable bonds is 5. The van der Waals surface area contributed by atoms with Crippen LogP contribution in [0.25, 0.3) is 0 Å². The van der Waals surface area contributed by atoms with Gasteiger partial charge in [-0.1, -0.05) is 0 Å². The summed E-state index contributed by atoms with van der Waals surface area (Å²) in [4.78, 5) is 32.5. The average molecular weight is 203 g/mol. The van der Waals surface area contributed by atoms with Crippen molar-refractivity contribution in [3.63, 3.8) is 0 Å². The van der Waals surface area contributed by atoms with Crippen molar-refractivity contribution in [3.8, 4) is 0 Å². The topological polar surface area (TPSA) is 113 Å². The Morgan fingerprint density at radius 3 is 2.43 bits per heavy atom. The van der Waals surface area contributed by atoms with Crippen molar-refractivity contribution < 1.29 is 19.5 Å². The molecule has 4 N–H and O–H groups in total. The number of carboxylic acid groups (broad SMARTS) is 1. The van der Waals surface area contributed by atoms with E-state index in [0.29, 0.717) is 0 Å². The Hall–Kier alpha value is -1.79. The van der Waals surface area contributed by atoms with E-state index >= 15 is 0 Å². The summed E-state index contributed by atoms with van der Waals surface area (Å²) in [6.45, 7) is -0.277. The van der Waals surface area contributed by atoms with Crippen molar-refractivity contribution in [3.05, 3.63) is 0 Å². The smallest absolute Gasteiger partial charge is 0.323 e. The van der Waals surface area contributed by atoms with Gasteiger partial charge in [0.2, 0.25) is 5.91 Å². The third-order valence-corrected chi connectivity index (χ3v) is 1.37. The van der Waals surface area contributed by atoms with Gasteiger partial charge in [0.25, 0.3) is 0 Å². The number of carboxylic acids is 1. The number of primary amides is 1. The maximum absolute atomic E-state index is 11.1. The van der Waals surface area contributed by atoms with Crippen LogP contribution in [0.3, 0.4) is 0 Å². The van der Waals surface area contributed by atoms with Crippen molar-refractivity contribution >= 4 is 17.9 Å². The zero-order chi connectivity index (χ0) is 11.1. The van der Waals surface area contributed by atoms with Crippen molar-refractivity contribution in [1.29, 1.82) is 0 Å². The lowest BCUT2D eigenvalue weighted by Crippen LogP contribution is -2.41. The molecule has 0 atom stereocenters. The molecule has 3 amide bonds. The predicted molar refractivity (Wildman–Crippen MR) is 47.5 cm³/mol. The van der Waals surface area contributed by atoms with Gasteiger partial charge in [0.15, 0.2) is 0 Å². The van der Waals surface area contributed by atoms with E-state index in [4.69, 9.17) is 10.8 Å². The van der Waals surface area contributed by atoms with E-state index in [9.17, 15) is 14.4 Å². The first-order valence-electron chi connectivity index (χ1n) is 3.92. The van der Waals surface area contributed by atoms with Crippen molar-refractivity contribution in [1.82, 2.24) is 10.2 Å². The summed E-state index contributed by atoms with van der Waals surface area (Å²) in [5, 5.41) is 10.7. The Morgan fingerprint density at radius 1 is 1.43 bits per heavy atom. The molecule has 7 heteroatoms. The molecule has 0 saturated carbocycles. The molecule has 0 aromatic heterocycles. The normalized spacial score (nSPS) is 9.21. The van der Waals surface area contributed by atoms with E-state index in [-0.39, 0.29) is 19.5 Å². The number of hydrogen-bond donors (Lipinski definition) is 3. The second-order valence-corrected chi connectivity index (χ2v) is 2.70. The van der Waals surface area contributed by atoms with Gasteiger partial charge < -0.3 is 21.1 Å². The van der Waals surface area contributed by atoms with Gasteiger partial charge in [-0.25, -0.2) is 4.79 Å². The van der Waals surface area contributed by atoms with E-state index in [2.05, 4.69) is 5.32 Å². The summed E-state index contributed by atoms with van der Waals surface area (Å²) >= 11 is 0. The molecular formula is C7H13N3O4. The minimum Gasteiger partial charge on any atom is -0.480 e. The highest BCUT2D eigenvalue weighted by Gasteiger charge is 2.10. The fourth-order valence-corrected chi connectivity index (χ4v) is 0.702. The lowest BCUT2D eigenvalue weighted by atomic mass is 10.4. The van der Waals surface area contributed by atoms with Crippen LogP contribution in [0.4, 0.5) is 4.79 Å². The van der Waals surface area contributed by atoms with Crippen LogP contribution in [0.2, 0.25) is 0 Å². The van der Waals surface area contributed by atoms with Crippen molar-refractivity contribution in [2.75, 3.05) is 20.1 Å². The third-order valence-electron chi connectivity index (χ3n) is 1.37. The Labute approximate surface area is 80.9 Å². The van der Waals surface area contributed by atoms with Gasteiger partial charge in [-0.2, -0.15) is 0 Å². The van der Waals surface area contributed by atoms with Crippen LogP contribution in [-0.4, -0.2) is 48.1 Å². The van der Waals surface area contributed by atoms with Gasteiger partial charge in [0, 0.05) is 20.0 Å². The highest BCUT2D eigenvalue weighted by molar-refractivity contribution is 5.80. The number of nitrogens with one attached hydrogen (secondary N) is 1. The maximum atomic E-state index is 11.1. The summed E-state index contributed by atoms with van der Waals surface area (Å²) in [5.41, 5.74) is 4.84. The number of nitrogens with two attached hydrogens (primary N) is 1. The Balaban J connectivity index is 3.73. The number of aliphatic carboxylic acids is 1. The van der Waals surface area contributed by atoms with Crippen LogP contribution in [-0.2, 0) is 9.59 Å². The van der Waals surface area contributed by atoms with Crippen LogP contribution in [0.1, 0.15) is 6.42 Å². The molecule has 0 bridgehead atoms. The third kappa shape index (κ3) is 5.81.